The quantitative estimate of drug-likeness (QED) is 0.899. The molecule has 5 nitrogen and oxygen atoms in total. The number of hydrogen-bond donors (Lipinski definition) is 2. The topological polar surface area (TPSA) is 74.8 Å². The van der Waals surface area contributed by atoms with E-state index in [2.05, 4.69) is 27.4 Å². The van der Waals surface area contributed by atoms with Crippen molar-refractivity contribution in [2.24, 2.45) is 0 Å². The average Bonchev–Trinajstić information content (AvgIpc) is 3.29. The Morgan fingerprint density at radius 2 is 2.05 bits per heavy atom. The Labute approximate surface area is 122 Å². The molecule has 0 aliphatic heterocycles. The van der Waals surface area contributed by atoms with Crippen LogP contribution >= 0.6 is 0 Å². The van der Waals surface area contributed by atoms with Gasteiger partial charge in [-0.3, -0.25) is 9.59 Å². The number of carbonyl (C=O) groups excluding carboxylic acids is 1. The van der Waals surface area contributed by atoms with Crippen LogP contribution < -0.4 is 10.9 Å². The molecule has 3 rings (SSSR count). The van der Waals surface area contributed by atoms with Crippen LogP contribution in [0, 0.1) is 6.92 Å². The molecule has 0 radical (unpaired) electrons. The van der Waals surface area contributed by atoms with Gasteiger partial charge in [0, 0.05) is 12.6 Å². The highest BCUT2D eigenvalue weighted by molar-refractivity contribution is 5.92. The summed E-state index contributed by atoms with van der Waals surface area (Å²) in [4.78, 5) is 29.8. The van der Waals surface area contributed by atoms with Crippen LogP contribution in [0.4, 0.5) is 0 Å². The number of nitrogens with zero attached hydrogens (tertiary/aromatic N) is 1. The summed E-state index contributed by atoms with van der Waals surface area (Å²) in [6, 6.07) is 9.51. The Kier molecular flexibility index (Phi) is 3.56. The maximum absolute atomic E-state index is 12.0. The fourth-order valence-electron chi connectivity index (χ4n) is 2.29. The van der Waals surface area contributed by atoms with Crippen LogP contribution in [0.25, 0.3) is 0 Å². The van der Waals surface area contributed by atoms with Crippen LogP contribution in [0.5, 0.6) is 0 Å². The van der Waals surface area contributed by atoms with Gasteiger partial charge in [0.05, 0.1) is 0 Å². The number of aromatic amines is 1. The van der Waals surface area contributed by atoms with Crippen LogP contribution in [0.3, 0.4) is 0 Å². The van der Waals surface area contributed by atoms with Gasteiger partial charge in [-0.1, -0.05) is 24.3 Å². The first-order valence-corrected chi connectivity index (χ1v) is 7.07. The van der Waals surface area contributed by atoms with Crippen molar-refractivity contribution >= 4 is 5.91 Å². The maximum Gasteiger partial charge on any atom is 0.270 e. The molecule has 108 valence electrons. The van der Waals surface area contributed by atoms with Crippen molar-refractivity contribution in [2.75, 3.05) is 0 Å². The van der Waals surface area contributed by atoms with Crippen molar-refractivity contribution in [3.8, 4) is 0 Å². The normalized spacial score (nSPS) is 14.0. The molecular weight excluding hydrogens is 266 g/mol. The summed E-state index contributed by atoms with van der Waals surface area (Å²) in [6.45, 7) is 2.08. The molecule has 0 bridgehead atoms. The molecule has 0 unspecified atom stereocenters. The van der Waals surface area contributed by atoms with Crippen LogP contribution in [-0.2, 0) is 6.54 Å². The number of nitrogens with one attached hydrogen (secondary N) is 2. The van der Waals surface area contributed by atoms with E-state index in [4.69, 9.17) is 0 Å². The summed E-state index contributed by atoms with van der Waals surface area (Å²) in [7, 11) is 0. The van der Waals surface area contributed by atoms with Crippen LogP contribution in [0.2, 0.25) is 0 Å². The van der Waals surface area contributed by atoms with Gasteiger partial charge in [-0.2, -0.15) is 0 Å². The lowest BCUT2D eigenvalue weighted by Crippen LogP contribution is -2.26. The third kappa shape index (κ3) is 3.37. The van der Waals surface area contributed by atoms with Gasteiger partial charge in [0.1, 0.15) is 11.5 Å². The molecule has 1 aliphatic rings. The van der Waals surface area contributed by atoms with Crippen LogP contribution in [-0.4, -0.2) is 15.9 Å². The zero-order valence-electron chi connectivity index (χ0n) is 11.8. The van der Waals surface area contributed by atoms with E-state index in [0.717, 1.165) is 11.5 Å². The van der Waals surface area contributed by atoms with Gasteiger partial charge in [-0.15, -0.1) is 0 Å². The molecule has 1 saturated carbocycles. The van der Waals surface area contributed by atoms with E-state index >= 15 is 0 Å². The minimum Gasteiger partial charge on any atom is -0.347 e. The SMILES string of the molecule is Cc1nc(C(=O)NCc2ccc(C3CC3)cc2)cc(=O)[nH]1. The summed E-state index contributed by atoms with van der Waals surface area (Å²) < 4.78 is 0. The smallest absolute Gasteiger partial charge is 0.270 e. The predicted octanol–water partition coefficient (Wildman–Crippen LogP) is 1.89. The van der Waals surface area contributed by atoms with E-state index in [-0.39, 0.29) is 17.2 Å². The highest BCUT2D eigenvalue weighted by atomic mass is 16.2. The number of aryl methyl sites for hydroxylation is 1. The van der Waals surface area contributed by atoms with E-state index in [1.165, 1.54) is 24.5 Å². The third-order valence-corrected chi connectivity index (χ3v) is 3.57. The molecule has 2 N–H and O–H groups in total. The Balaban J connectivity index is 1.63. The van der Waals surface area contributed by atoms with Crippen LogP contribution in [0.1, 0.15) is 46.2 Å². The first kappa shape index (κ1) is 13.5. The Morgan fingerprint density at radius 3 is 2.67 bits per heavy atom. The molecule has 0 atom stereocenters. The number of hydrogen-bond acceptors (Lipinski definition) is 3. The Bertz CT molecular complexity index is 715. The van der Waals surface area contributed by atoms with Crippen molar-refractivity contribution in [1.82, 2.24) is 15.3 Å². The minimum atomic E-state index is -0.338. The van der Waals surface area contributed by atoms with Crippen molar-refractivity contribution in [3.05, 3.63) is 63.3 Å². The molecule has 1 aromatic heterocycles. The first-order valence-electron chi connectivity index (χ1n) is 7.07. The predicted molar refractivity (Wildman–Crippen MR) is 79.2 cm³/mol. The van der Waals surface area contributed by atoms with Gasteiger partial charge >= 0.3 is 0 Å². The Morgan fingerprint density at radius 1 is 1.33 bits per heavy atom. The molecule has 5 heteroatoms. The van der Waals surface area contributed by atoms with Gasteiger partial charge < -0.3 is 10.3 Å². The summed E-state index contributed by atoms with van der Waals surface area (Å²) >= 11 is 0. The molecule has 1 aliphatic carbocycles. The second-order valence-corrected chi connectivity index (χ2v) is 5.41. The zero-order chi connectivity index (χ0) is 14.8. The molecule has 21 heavy (non-hydrogen) atoms. The van der Waals surface area contributed by atoms with Crippen LogP contribution in [0.15, 0.2) is 35.1 Å². The van der Waals surface area contributed by atoms with Gasteiger partial charge in [-0.05, 0) is 36.8 Å². The lowest BCUT2D eigenvalue weighted by molar-refractivity contribution is 0.0945. The lowest BCUT2D eigenvalue weighted by atomic mass is 10.1. The minimum absolute atomic E-state index is 0.144. The fraction of sp³-hybridized carbons (Fsp3) is 0.312. The van der Waals surface area contributed by atoms with Crippen molar-refractivity contribution in [3.63, 3.8) is 0 Å². The summed E-state index contributed by atoms with van der Waals surface area (Å²) in [6.07, 6.45) is 2.56. The molecule has 1 fully saturated rings. The Hall–Kier alpha value is -2.43. The van der Waals surface area contributed by atoms with Gasteiger partial charge in [0.25, 0.3) is 11.5 Å². The van der Waals surface area contributed by atoms with Gasteiger partial charge in [0.2, 0.25) is 0 Å². The number of H-pyrrole nitrogens is 1. The van der Waals surface area contributed by atoms with E-state index in [0.29, 0.717) is 12.4 Å². The number of aromatic nitrogens is 2. The average molecular weight is 283 g/mol. The number of carbonyl (C=O) groups is 1. The second kappa shape index (κ2) is 5.52. The van der Waals surface area contributed by atoms with Gasteiger partial charge in [0.15, 0.2) is 0 Å². The van der Waals surface area contributed by atoms with E-state index in [1.54, 1.807) is 6.92 Å². The highest BCUT2D eigenvalue weighted by Gasteiger charge is 2.22. The molecule has 1 aromatic carbocycles. The molecule has 1 heterocycles. The monoisotopic (exact) mass is 283 g/mol. The lowest BCUT2D eigenvalue weighted by Gasteiger charge is -2.06. The third-order valence-electron chi connectivity index (χ3n) is 3.57. The highest BCUT2D eigenvalue weighted by Crippen LogP contribution is 2.39. The largest absolute Gasteiger partial charge is 0.347 e. The summed E-state index contributed by atoms with van der Waals surface area (Å²) in [5, 5.41) is 2.78. The molecular formula is C16H17N3O2. The number of rotatable bonds is 4. The van der Waals surface area contributed by atoms with E-state index < -0.39 is 0 Å². The fourth-order valence-corrected chi connectivity index (χ4v) is 2.29. The number of benzene rings is 1. The zero-order valence-corrected chi connectivity index (χ0v) is 11.8. The number of amides is 1. The summed E-state index contributed by atoms with van der Waals surface area (Å²) in [5.74, 6) is 0.828. The molecule has 0 saturated heterocycles. The molecule has 1 amide bonds. The van der Waals surface area contributed by atoms with Crippen molar-refractivity contribution in [2.45, 2.75) is 32.2 Å². The second-order valence-electron chi connectivity index (χ2n) is 5.41. The summed E-state index contributed by atoms with van der Waals surface area (Å²) in [5.41, 5.74) is 2.23. The molecule has 0 spiro atoms. The maximum atomic E-state index is 12.0. The standard InChI is InChI=1S/C16H17N3O2/c1-10-18-14(8-15(20)19-10)16(21)17-9-11-2-4-12(5-3-11)13-6-7-13/h2-5,8,13H,6-7,9H2,1H3,(H,17,21)(H,18,19,20). The van der Waals surface area contributed by atoms with Crippen molar-refractivity contribution in [1.29, 1.82) is 0 Å². The van der Waals surface area contributed by atoms with Gasteiger partial charge in [-0.25, -0.2) is 4.98 Å². The first-order chi connectivity index (χ1) is 10.1. The van der Waals surface area contributed by atoms with E-state index in [9.17, 15) is 9.59 Å². The van der Waals surface area contributed by atoms with Crippen molar-refractivity contribution < 1.29 is 4.79 Å². The van der Waals surface area contributed by atoms with E-state index in [1.807, 2.05) is 12.1 Å². The molecule has 2 aromatic rings.